The van der Waals surface area contributed by atoms with E-state index in [-0.39, 0.29) is 46.8 Å². The molecule has 1 unspecified atom stereocenters. The summed E-state index contributed by atoms with van der Waals surface area (Å²) in [6.07, 6.45) is 5.76. The standard InChI is InChI=1S/C27H29.C15H8F6.C10H15.2ClH.Zr/c1-16-7-9-26(3,4)24-12-18-11-19-13-25-21(17(2)8-10-27(25,5)6)15-23(19)22(18)14-20(16)24;16-14(17,18)12-5-1-3-10(8-12)7-11-4-2-6-13(9-11)15(19,20)21;1-8-5-6-9(7-8)10(2,3)4;;;/h7-8,11-15H,9-10H2,1-6H3;1-6,8-9H;6-8H,1-4H3;2*1H;/q-1;;-1;;;+2/p-2. The van der Waals surface area contributed by atoms with E-state index in [0.717, 1.165) is 61.3 Å². The Balaban J connectivity index is 0.000000217. The van der Waals surface area contributed by atoms with Crippen molar-refractivity contribution in [2.24, 2.45) is 11.3 Å². The summed E-state index contributed by atoms with van der Waals surface area (Å²) in [5, 5.41) is 5.61. The molecule has 9 heteroatoms. The van der Waals surface area contributed by atoms with E-state index in [1.165, 1.54) is 84.8 Å². The van der Waals surface area contributed by atoms with Crippen molar-refractivity contribution in [2.75, 3.05) is 0 Å². The monoisotopic (exact) mass is 950 g/mol. The molecule has 8 rings (SSSR count). The SMILES string of the molecule is CC1=CCC(C)(C)c2cc3[cH-]c4cc5c(cc4c3cc21)C(C)=CCC5(C)C.CC1[C-]=CC(C(C)(C)C)=C1.FC(F)(F)c1cccc([C](=[Zr+2])c2cccc(C(F)(F)F)c2)c1.[Cl-].[Cl-]. The molecule has 0 spiro atoms. The minimum atomic E-state index is -4.49. The third kappa shape index (κ3) is 11.1. The smallest absolute Gasteiger partial charge is 1.00 e. The molecule has 0 amide bonds. The Labute approximate surface area is 384 Å². The molecular weight excluding hydrogens is 901 g/mol. The minimum Gasteiger partial charge on any atom is -1.00 e. The van der Waals surface area contributed by atoms with Crippen LogP contribution in [0.3, 0.4) is 0 Å². The third-order valence-electron chi connectivity index (χ3n) is 11.9. The van der Waals surface area contributed by atoms with Crippen LogP contribution in [0, 0.1) is 17.4 Å². The second-order valence-electron chi connectivity index (χ2n) is 18.6. The Bertz CT molecular complexity index is 2420. The van der Waals surface area contributed by atoms with Crippen LogP contribution in [-0.4, -0.2) is 3.21 Å². The van der Waals surface area contributed by atoms with Crippen LogP contribution in [0.4, 0.5) is 26.3 Å². The number of alkyl halides is 6. The summed E-state index contributed by atoms with van der Waals surface area (Å²) in [6, 6.07) is 21.4. The van der Waals surface area contributed by atoms with Gasteiger partial charge in [0.15, 0.2) is 0 Å². The molecule has 61 heavy (non-hydrogen) atoms. The molecule has 0 heterocycles. The van der Waals surface area contributed by atoms with Crippen LogP contribution in [0.2, 0.25) is 0 Å². The number of rotatable bonds is 2. The molecule has 0 N–H and O–H groups in total. The van der Waals surface area contributed by atoms with Gasteiger partial charge in [-0.25, -0.2) is 6.08 Å². The zero-order valence-electron chi connectivity index (χ0n) is 36.3. The van der Waals surface area contributed by atoms with Crippen LogP contribution < -0.4 is 24.8 Å². The number of allylic oxidation sites excluding steroid dienone is 8. The van der Waals surface area contributed by atoms with Gasteiger partial charge in [0.05, 0.1) is 0 Å². The van der Waals surface area contributed by atoms with Crippen LogP contribution >= 0.6 is 0 Å². The predicted octanol–water partition coefficient (Wildman–Crippen LogP) is 9.70. The predicted molar refractivity (Wildman–Crippen MR) is 230 cm³/mol. The van der Waals surface area contributed by atoms with Crippen LogP contribution in [-0.2, 0) is 47.4 Å². The fourth-order valence-electron chi connectivity index (χ4n) is 8.06. The van der Waals surface area contributed by atoms with Crippen molar-refractivity contribution in [3.63, 3.8) is 0 Å². The van der Waals surface area contributed by atoms with Crippen LogP contribution in [0.25, 0.3) is 32.7 Å². The maximum Gasteiger partial charge on any atom is -1.00 e. The van der Waals surface area contributed by atoms with E-state index in [4.69, 9.17) is 0 Å². The Hall–Kier alpha value is -3.38. The first-order chi connectivity index (χ1) is 27.3. The Morgan fingerprint density at radius 1 is 0.672 bits per heavy atom. The van der Waals surface area contributed by atoms with Gasteiger partial charge in [-0.1, -0.05) is 102 Å². The first-order valence-corrected chi connectivity index (χ1v) is 21.3. The van der Waals surface area contributed by atoms with E-state index < -0.39 is 23.5 Å². The van der Waals surface area contributed by atoms with Gasteiger partial charge in [-0.2, -0.15) is 11.6 Å². The molecule has 3 aliphatic rings. The van der Waals surface area contributed by atoms with Gasteiger partial charge >= 0.3 is 137 Å². The average Bonchev–Trinajstić information content (AvgIpc) is 3.77. The summed E-state index contributed by atoms with van der Waals surface area (Å²) in [6.45, 7) is 22.9. The number of hydrogen-bond acceptors (Lipinski definition) is 0. The molecule has 0 saturated heterocycles. The van der Waals surface area contributed by atoms with Gasteiger partial charge in [-0.05, 0) is 59.8 Å². The van der Waals surface area contributed by atoms with Crippen molar-refractivity contribution in [3.05, 3.63) is 159 Å². The minimum absolute atomic E-state index is 0. The van der Waals surface area contributed by atoms with Crippen molar-refractivity contribution in [1.82, 2.24) is 0 Å². The van der Waals surface area contributed by atoms with Crippen molar-refractivity contribution >= 4 is 35.9 Å². The molecule has 1 atom stereocenters. The van der Waals surface area contributed by atoms with E-state index in [1.807, 2.05) is 0 Å². The van der Waals surface area contributed by atoms with Crippen LogP contribution in [0.15, 0.2) is 109 Å². The maximum atomic E-state index is 12.7. The Morgan fingerprint density at radius 3 is 1.41 bits per heavy atom. The van der Waals surface area contributed by atoms with E-state index in [1.54, 1.807) is 0 Å². The van der Waals surface area contributed by atoms with Gasteiger partial charge in [-0.3, -0.25) is 6.08 Å². The van der Waals surface area contributed by atoms with Crippen molar-refractivity contribution in [2.45, 2.75) is 105 Å². The summed E-state index contributed by atoms with van der Waals surface area (Å²) < 4.78 is 76.7. The van der Waals surface area contributed by atoms with E-state index in [0.29, 0.717) is 14.5 Å². The van der Waals surface area contributed by atoms with Crippen LogP contribution in [0.5, 0.6) is 0 Å². The molecule has 0 radical (unpaired) electrons. The summed E-state index contributed by atoms with van der Waals surface area (Å²) in [4.78, 5) is 0. The zero-order valence-corrected chi connectivity index (χ0v) is 40.3. The van der Waals surface area contributed by atoms with Crippen molar-refractivity contribution < 1.29 is 75.4 Å². The number of hydrogen-bond donors (Lipinski definition) is 0. The Kier molecular flexibility index (Phi) is 15.1. The van der Waals surface area contributed by atoms with Gasteiger partial charge in [0.1, 0.15) is 0 Å². The van der Waals surface area contributed by atoms with Gasteiger partial charge in [0.25, 0.3) is 0 Å². The summed E-state index contributed by atoms with van der Waals surface area (Å²) in [5.41, 5.74) is 9.80. The van der Waals surface area contributed by atoms with E-state index >= 15 is 0 Å². The second-order valence-corrected chi connectivity index (χ2v) is 19.8. The number of halogens is 8. The topological polar surface area (TPSA) is 0 Å². The molecular formula is C52H52Cl2F6Zr-2. The molecule has 0 fully saturated rings. The van der Waals surface area contributed by atoms with Crippen LogP contribution in [0.1, 0.15) is 127 Å². The Morgan fingerprint density at radius 2 is 1.08 bits per heavy atom. The maximum absolute atomic E-state index is 12.7. The van der Waals surface area contributed by atoms with Crippen molar-refractivity contribution in [1.29, 1.82) is 0 Å². The fraction of sp³-hybridized carbons (Fsp3) is 0.346. The molecule has 0 aliphatic heterocycles. The normalized spacial score (nSPS) is 17.5. The molecule has 0 aromatic heterocycles. The first-order valence-electron chi connectivity index (χ1n) is 20.1. The molecule has 0 bridgehead atoms. The second kappa shape index (κ2) is 18.4. The molecule has 0 nitrogen and oxygen atoms in total. The number of benzene rings is 4. The van der Waals surface area contributed by atoms with Crippen molar-refractivity contribution in [3.8, 4) is 0 Å². The quantitative estimate of drug-likeness (QED) is 0.122. The van der Waals surface area contributed by atoms with Gasteiger partial charge in [-0.15, -0.1) is 39.7 Å². The number of fused-ring (bicyclic) bond motifs is 5. The van der Waals surface area contributed by atoms with Gasteiger partial charge in [0, 0.05) is 0 Å². The summed E-state index contributed by atoms with van der Waals surface area (Å²) >= 11 is 0.729. The largest absolute Gasteiger partial charge is 1.00 e. The molecule has 3 aliphatic carbocycles. The van der Waals surface area contributed by atoms with Gasteiger partial charge in [0.2, 0.25) is 0 Å². The van der Waals surface area contributed by atoms with Gasteiger partial charge < -0.3 is 24.8 Å². The van der Waals surface area contributed by atoms with E-state index in [2.05, 4.69) is 130 Å². The summed E-state index contributed by atoms with van der Waals surface area (Å²) in [7, 11) is 0. The summed E-state index contributed by atoms with van der Waals surface area (Å²) in [5.74, 6) is 0.522. The molecule has 5 aromatic rings. The third-order valence-corrected chi connectivity index (χ3v) is 13.3. The first kappa shape index (κ1) is 50.3. The zero-order chi connectivity index (χ0) is 43.5. The molecule has 0 saturated carbocycles. The average molecular weight is 953 g/mol. The molecule has 5 aromatic carbocycles. The molecule has 322 valence electrons. The van der Waals surface area contributed by atoms with E-state index in [9.17, 15) is 26.3 Å². The fourth-order valence-corrected chi connectivity index (χ4v) is 8.82.